The van der Waals surface area contributed by atoms with E-state index in [1.165, 1.54) is 0 Å². The molecule has 1 atom stereocenters. The fourth-order valence-corrected chi connectivity index (χ4v) is 2.08. The molecule has 0 bridgehead atoms. The SMILES string of the molecule is O=C(O)CC1C(=O)NCCN1CCn1cccn1. The van der Waals surface area contributed by atoms with Crippen LogP contribution in [0.1, 0.15) is 6.42 Å². The third-order valence-electron chi connectivity index (χ3n) is 2.99. The minimum Gasteiger partial charge on any atom is -0.481 e. The van der Waals surface area contributed by atoms with Crippen molar-refractivity contribution in [1.82, 2.24) is 20.0 Å². The summed E-state index contributed by atoms with van der Waals surface area (Å²) in [7, 11) is 0. The zero-order valence-electron chi connectivity index (χ0n) is 9.95. The number of carbonyl (C=O) groups excluding carboxylic acids is 1. The van der Waals surface area contributed by atoms with Gasteiger partial charge in [-0.25, -0.2) is 0 Å². The van der Waals surface area contributed by atoms with Crippen LogP contribution in [0.4, 0.5) is 0 Å². The molecule has 0 saturated carbocycles. The van der Waals surface area contributed by atoms with Gasteiger partial charge in [-0.15, -0.1) is 0 Å². The van der Waals surface area contributed by atoms with Crippen molar-refractivity contribution in [3.8, 4) is 0 Å². The molecule has 0 radical (unpaired) electrons. The van der Waals surface area contributed by atoms with Crippen molar-refractivity contribution in [3.63, 3.8) is 0 Å². The molecule has 7 heteroatoms. The molecule has 0 spiro atoms. The van der Waals surface area contributed by atoms with Crippen LogP contribution in [0.5, 0.6) is 0 Å². The van der Waals surface area contributed by atoms with E-state index in [0.29, 0.717) is 26.2 Å². The molecule has 1 aromatic rings. The molecular weight excluding hydrogens is 236 g/mol. The smallest absolute Gasteiger partial charge is 0.305 e. The number of aromatic nitrogens is 2. The number of carbonyl (C=O) groups is 2. The monoisotopic (exact) mass is 252 g/mol. The lowest BCUT2D eigenvalue weighted by atomic mass is 10.1. The van der Waals surface area contributed by atoms with Crippen LogP contribution in [-0.4, -0.2) is 57.3 Å². The first-order valence-corrected chi connectivity index (χ1v) is 5.88. The van der Waals surface area contributed by atoms with Gasteiger partial charge in [0, 0.05) is 32.0 Å². The van der Waals surface area contributed by atoms with Gasteiger partial charge in [0.1, 0.15) is 0 Å². The zero-order chi connectivity index (χ0) is 13.0. The van der Waals surface area contributed by atoms with Crippen molar-refractivity contribution in [2.45, 2.75) is 19.0 Å². The summed E-state index contributed by atoms with van der Waals surface area (Å²) in [6.45, 7) is 2.50. The van der Waals surface area contributed by atoms with Crippen LogP contribution in [0, 0.1) is 0 Å². The molecule has 7 nitrogen and oxygen atoms in total. The summed E-state index contributed by atoms with van der Waals surface area (Å²) in [5.74, 6) is -1.16. The van der Waals surface area contributed by atoms with Crippen molar-refractivity contribution in [3.05, 3.63) is 18.5 Å². The maximum atomic E-state index is 11.7. The van der Waals surface area contributed by atoms with Gasteiger partial charge in [0.15, 0.2) is 0 Å². The highest BCUT2D eigenvalue weighted by atomic mass is 16.4. The summed E-state index contributed by atoms with van der Waals surface area (Å²) >= 11 is 0. The van der Waals surface area contributed by atoms with Crippen LogP contribution in [0.15, 0.2) is 18.5 Å². The minimum atomic E-state index is -0.957. The second-order valence-electron chi connectivity index (χ2n) is 4.21. The molecule has 0 aromatic carbocycles. The molecule has 1 aliphatic heterocycles. The van der Waals surface area contributed by atoms with E-state index < -0.39 is 12.0 Å². The lowest BCUT2D eigenvalue weighted by Crippen LogP contribution is -2.56. The number of carboxylic acids is 1. The molecule has 2 rings (SSSR count). The summed E-state index contributed by atoms with van der Waals surface area (Å²) in [4.78, 5) is 24.3. The fourth-order valence-electron chi connectivity index (χ4n) is 2.08. The van der Waals surface area contributed by atoms with Gasteiger partial charge < -0.3 is 10.4 Å². The normalized spacial score (nSPS) is 20.7. The molecule has 2 heterocycles. The molecule has 1 fully saturated rings. The quantitative estimate of drug-likeness (QED) is 0.713. The van der Waals surface area contributed by atoms with Crippen molar-refractivity contribution in [1.29, 1.82) is 0 Å². The van der Waals surface area contributed by atoms with Gasteiger partial charge in [-0.2, -0.15) is 5.10 Å². The molecule has 2 N–H and O–H groups in total. The molecular formula is C11H16N4O3. The van der Waals surface area contributed by atoms with E-state index in [1.54, 1.807) is 10.9 Å². The standard InChI is InChI=1S/C11H16N4O3/c16-10(17)8-9-11(18)12-3-5-14(9)6-7-15-4-1-2-13-15/h1-2,4,9H,3,5-8H2,(H,12,18)(H,16,17). The highest BCUT2D eigenvalue weighted by Crippen LogP contribution is 2.09. The summed E-state index contributed by atoms with van der Waals surface area (Å²) in [6.07, 6.45) is 3.37. The number of rotatable bonds is 5. The Balaban J connectivity index is 1.94. The topological polar surface area (TPSA) is 87.5 Å². The maximum Gasteiger partial charge on any atom is 0.305 e. The first-order valence-electron chi connectivity index (χ1n) is 5.88. The van der Waals surface area contributed by atoms with Gasteiger partial charge in [-0.3, -0.25) is 19.2 Å². The van der Waals surface area contributed by atoms with Crippen LogP contribution in [0.25, 0.3) is 0 Å². The largest absolute Gasteiger partial charge is 0.481 e. The first-order chi connectivity index (χ1) is 8.66. The third kappa shape index (κ3) is 3.07. The van der Waals surface area contributed by atoms with E-state index in [-0.39, 0.29) is 12.3 Å². The lowest BCUT2D eigenvalue weighted by molar-refractivity contribution is -0.143. The number of aliphatic carboxylic acids is 1. The minimum absolute atomic E-state index is 0.162. The zero-order valence-corrected chi connectivity index (χ0v) is 9.95. The molecule has 1 amide bonds. The highest BCUT2D eigenvalue weighted by molar-refractivity contribution is 5.86. The van der Waals surface area contributed by atoms with Gasteiger partial charge in [0.05, 0.1) is 19.0 Å². The third-order valence-corrected chi connectivity index (χ3v) is 2.99. The van der Waals surface area contributed by atoms with Crippen molar-refractivity contribution >= 4 is 11.9 Å². The Kier molecular flexibility index (Phi) is 3.93. The number of carboxylic acid groups (broad SMARTS) is 1. The second-order valence-corrected chi connectivity index (χ2v) is 4.21. The van der Waals surface area contributed by atoms with Gasteiger partial charge in [0.25, 0.3) is 0 Å². The fraction of sp³-hybridized carbons (Fsp3) is 0.545. The highest BCUT2D eigenvalue weighted by Gasteiger charge is 2.31. The van der Waals surface area contributed by atoms with Gasteiger partial charge in [0.2, 0.25) is 5.91 Å². The predicted molar refractivity (Wildman–Crippen MR) is 62.9 cm³/mol. The molecule has 1 saturated heterocycles. The number of hydrogen-bond donors (Lipinski definition) is 2. The van der Waals surface area contributed by atoms with Crippen LogP contribution >= 0.6 is 0 Å². The molecule has 18 heavy (non-hydrogen) atoms. The van der Waals surface area contributed by atoms with E-state index in [4.69, 9.17) is 5.11 Å². The van der Waals surface area contributed by atoms with Gasteiger partial charge in [-0.1, -0.05) is 0 Å². The van der Waals surface area contributed by atoms with E-state index in [1.807, 2.05) is 17.2 Å². The lowest BCUT2D eigenvalue weighted by Gasteiger charge is -2.34. The summed E-state index contributed by atoms with van der Waals surface area (Å²) < 4.78 is 1.77. The summed E-state index contributed by atoms with van der Waals surface area (Å²) in [5, 5.41) is 15.6. The van der Waals surface area contributed by atoms with Crippen LogP contribution in [-0.2, 0) is 16.1 Å². The molecule has 1 aromatic heterocycles. The van der Waals surface area contributed by atoms with Crippen molar-refractivity contribution in [2.75, 3.05) is 19.6 Å². The average molecular weight is 252 g/mol. The van der Waals surface area contributed by atoms with E-state index >= 15 is 0 Å². The van der Waals surface area contributed by atoms with Gasteiger partial charge in [-0.05, 0) is 6.07 Å². The van der Waals surface area contributed by atoms with E-state index in [0.717, 1.165) is 0 Å². The molecule has 1 unspecified atom stereocenters. The Hall–Kier alpha value is -1.89. The first kappa shape index (κ1) is 12.6. The summed E-state index contributed by atoms with van der Waals surface area (Å²) in [6, 6.07) is 1.25. The number of nitrogens with one attached hydrogen (secondary N) is 1. The van der Waals surface area contributed by atoms with E-state index in [2.05, 4.69) is 10.4 Å². The van der Waals surface area contributed by atoms with E-state index in [9.17, 15) is 9.59 Å². The van der Waals surface area contributed by atoms with Gasteiger partial charge >= 0.3 is 5.97 Å². The number of hydrogen-bond acceptors (Lipinski definition) is 4. The molecule has 98 valence electrons. The number of nitrogens with zero attached hydrogens (tertiary/aromatic N) is 3. The summed E-state index contributed by atoms with van der Waals surface area (Å²) in [5.41, 5.74) is 0. The number of piperazine rings is 1. The maximum absolute atomic E-state index is 11.7. The second kappa shape index (κ2) is 5.63. The Bertz CT molecular complexity index is 418. The number of amides is 1. The Morgan fingerprint density at radius 1 is 1.56 bits per heavy atom. The van der Waals surface area contributed by atoms with Crippen LogP contribution in [0.2, 0.25) is 0 Å². The Labute approximate surface area is 104 Å². The van der Waals surface area contributed by atoms with Crippen LogP contribution < -0.4 is 5.32 Å². The molecule has 0 aliphatic carbocycles. The molecule has 1 aliphatic rings. The van der Waals surface area contributed by atoms with Crippen LogP contribution in [0.3, 0.4) is 0 Å². The predicted octanol–water partition coefficient (Wildman–Crippen LogP) is -0.842. The Morgan fingerprint density at radius 2 is 2.39 bits per heavy atom. The average Bonchev–Trinajstić information content (AvgIpc) is 2.82. The van der Waals surface area contributed by atoms with Crippen molar-refractivity contribution in [2.24, 2.45) is 0 Å². The Morgan fingerprint density at radius 3 is 3.06 bits per heavy atom. The van der Waals surface area contributed by atoms with Crippen molar-refractivity contribution < 1.29 is 14.7 Å².